The van der Waals surface area contributed by atoms with Crippen molar-refractivity contribution in [3.05, 3.63) is 29.8 Å². The molecule has 0 aromatic carbocycles. The van der Waals surface area contributed by atoms with Gasteiger partial charge in [-0.1, -0.05) is 0 Å². The lowest BCUT2D eigenvalue weighted by atomic mass is 10.1. The zero-order chi connectivity index (χ0) is 12.7. The summed E-state index contributed by atoms with van der Waals surface area (Å²) in [6.07, 6.45) is 2.03. The third-order valence-corrected chi connectivity index (χ3v) is 3.31. The van der Waals surface area contributed by atoms with E-state index in [2.05, 4.69) is 19.7 Å². The van der Waals surface area contributed by atoms with Crippen molar-refractivity contribution in [1.82, 2.24) is 24.6 Å². The number of aromatic nitrogens is 4. The molecule has 1 aliphatic heterocycles. The number of H-pyrrole nitrogens is 1. The van der Waals surface area contributed by atoms with Gasteiger partial charge in [0, 0.05) is 25.0 Å². The first-order chi connectivity index (χ1) is 8.66. The summed E-state index contributed by atoms with van der Waals surface area (Å²) in [6.45, 7) is 3.45. The van der Waals surface area contributed by atoms with Crippen LogP contribution >= 0.6 is 0 Å². The fourth-order valence-electron chi connectivity index (χ4n) is 2.36. The van der Waals surface area contributed by atoms with Crippen LogP contribution in [-0.4, -0.2) is 37.1 Å². The van der Waals surface area contributed by atoms with E-state index in [0.717, 1.165) is 12.2 Å². The van der Waals surface area contributed by atoms with Crippen LogP contribution in [0.15, 0.2) is 18.3 Å². The van der Waals surface area contributed by atoms with Gasteiger partial charge in [-0.3, -0.25) is 9.89 Å². The average Bonchev–Trinajstić information content (AvgIpc) is 2.97. The molecule has 3 N–H and O–H groups in total. The number of carbonyl (C=O) groups excluding carboxylic acids is 1. The first kappa shape index (κ1) is 10.8. The molecule has 0 saturated heterocycles. The van der Waals surface area contributed by atoms with Crippen molar-refractivity contribution >= 4 is 11.9 Å². The van der Waals surface area contributed by atoms with Crippen LogP contribution in [0.2, 0.25) is 0 Å². The summed E-state index contributed by atoms with van der Waals surface area (Å²) in [6, 6.07) is 4.04. The molecule has 1 atom stereocenters. The molecule has 0 spiro atoms. The summed E-state index contributed by atoms with van der Waals surface area (Å²) < 4.78 is 2.16. The molecule has 0 unspecified atom stereocenters. The van der Waals surface area contributed by atoms with E-state index in [0.29, 0.717) is 6.54 Å². The van der Waals surface area contributed by atoms with E-state index >= 15 is 0 Å². The Morgan fingerprint density at radius 1 is 1.56 bits per heavy atom. The van der Waals surface area contributed by atoms with Crippen molar-refractivity contribution in [2.75, 3.05) is 12.3 Å². The minimum atomic E-state index is -0.167. The van der Waals surface area contributed by atoms with Crippen molar-refractivity contribution in [2.24, 2.45) is 0 Å². The van der Waals surface area contributed by atoms with E-state index in [1.54, 1.807) is 4.90 Å². The van der Waals surface area contributed by atoms with E-state index in [1.165, 1.54) is 0 Å². The largest absolute Gasteiger partial charge is 0.366 e. The lowest BCUT2D eigenvalue weighted by Gasteiger charge is -2.34. The molecule has 0 radical (unpaired) electrons. The Morgan fingerprint density at radius 2 is 2.39 bits per heavy atom. The molecule has 7 nitrogen and oxygen atoms in total. The Bertz CT molecular complexity index is 586. The summed E-state index contributed by atoms with van der Waals surface area (Å²) in [7, 11) is 0. The van der Waals surface area contributed by atoms with Crippen molar-refractivity contribution in [1.29, 1.82) is 0 Å². The molecule has 0 fully saturated rings. The van der Waals surface area contributed by atoms with Gasteiger partial charge in [0.15, 0.2) is 0 Å². The molecule has 0 saturated carbocycles. The van der Waals surface area contributed by atoms with E-state index in [1.807, 2.05) is 25.3 Å². The van der Waals surface area contributed by atoms with Crippen LogP contribution in [0.5, 0.6) is 0 Å². The summed E-state index contributed by atoms with van der Waals surface area (Å²) in [5, 5.41) is 6.24. The molecule has 3 rings (SSSR count). The van der Waals surface area contributed by atoms with E-state index in [9.17, 15) is 4.79 Å². The number of nitrogens with zero attached hydrogens (tertiary/aromatic N) is 4. The van der Waals surface area contributed by atoms with Crippen molar-refractivity contribution in [3.8, 4) is 0 Å². The quantitative estimate of drug-likeness (QED) is 0.762. The smallest absolute Gasteiger partial charge is 0.291 e. The van der Waals surface area contributed by atoms with Crippen LogP contribution in [0.1, 0.15) is 29.3 Å². The monoisotopic (exact) mass is 246 g/mol. The third-order valence-electron chi connectivity index (χ3n) is 3.31. The summed E-state index contributed by atoms with van der Waals surface area (Å²) in [4.78, 5) is 17.9. The number of carbonyl (C=O) groups is 1. The maximum Gasteiger partial charge on any atom is 0.291 e. The molecule has 3 heterocycles. The standard InChI is InChI=1S/C11H14N6O/c1-7-8-3-2-4-16(8)5-6-17(7)10(18)9-13-11(12)15-14-9/h2-4,7H,5-6H2,1H3,(H3,12,13,14,15)/t7-/m0/s1. The number of anilines is 1. The van der Waals surface area contributed by atoms with E-state index < -0.39 is 0 Å². The SMILES string of the molecule is C[C@H]1c2cccn2CCN1C(=O)c1nc(N)n[nH]1. The molecule has 1 aliphatic rings. The molecule has 7 heteroatoms. The fraction of sp³-hybridized carbons (Fsp3) is 0.364. The maximum absolute atomic E-state index is 12.3. The maximum atomic E-state index is 12.3. The minimum absolute atomic E-state index is 0.0209. The number of aromatic amines is 1. The lowest BCUT2D eigenvalue weighted by Crippen LogP contribution is -2.41. The molecule has 0 bridgehead atoms. The molecule has 1 amide bonds. The first-order valence-corrected chi connectivity index (χ1v) is 5.80. The van der Waals surface area contributed by atoms with Crippen LogP contribution in [-0.2, 0) is 6.54 Å². The highest BCUT2D eigenvalue weighted by Gasteiger charge is 2.29. The summed E-state index contributed by atoms with van der Waals surface area (Å²) in [5.74, 6) is 0.116. The van der Waals surface area contributed by atoms with E-state index in [-0.39, 0.29) is 23.7 Å². The van der Waals surface area contributed by atoms with E-state index in [4.69, 9.17) is 5.73 Å². The van der Waals surface area contributed by atoms with Gasteiger partial charge in [0.1, 0.15) is 0 Å². The molecular formula is C11H14N6O. The minimum Gasteiger partial charge on any atom is -0.366 e. The highest BCUT2D eigenvalue weighted by atomic mass is 16.2. The molecule has 94 valence electrons. The van der Waals surface area contributed by atoms with Crippen LogP contribution in [0.3, 0.4) is 0 Å². The predicted molar refractivity (Wildman–Crippen MR) is 64.7 cm³/mol. The Balaban J connectivity index is 1.88. The second-order valence-electron chi connectivity index (χ2n) is 4.34. The van der Waals surface area contributed by atoms with Gasteiger partial charge in [-0.15, -0.1) is 5.10 Å². The third kappa shape index (κ3) is 1.55. The average molecular weight is 246 g/mol. The summed E-state index contributed by atoms with van der Waals surface area (Å²) in [5.41, 5.74) is 6.54. The first-order valence-electron chi connectivity index (χ1n) is 5.80. The van der Waals surface area contributed by atoms with Gasteiger partial charge in [0.2, 0.25) is 11.8 Å². The van der Waals surface area contributed by atoms with Crippen molar-refractivity contribution in [3.63, 3.8) is 0 Å². The lowest BCUT2D eigenvalue weighted by molar-refractivity contribution is 0.0632. The number of nitrogens with one attached hydrogen (secondary N) is 1. The summed E-state index contributed by atoms with van der Waals surface area (Å²) >= 11 is 0. The van der Waals surface area contributed by atoms with Gasteiger partial charge in [-0.05, 0) is 19.1 Å². The Morgan fingerprint density at radius 3 is 3.11 bits per heavy atom. The predicted octanol–water partition coefficient (Wildman–Crippen LogP) is 0.405. The Labute approximate surface area is 104 Å². The van der Waals surface area contributed by atoms with Gasteiger partial charge < -0.3 is 15.2 Å². The molecule has 2 aromatic rings. The van der Waals surface area contributed by atoms with Crippen molar-refractivity contribution in [2.45, 2.75) is 19.5 Å². The molecule has 2 aromatic heterocycles. The van der Waals surface area contributed by atoms with Crippen LogP contribution in [0.4, 0.5) is 5.95 Å². The number of hydrogen-bond acceptors (Lipinski definition) is 4. The Hall–Kier alpha value is -2.31. The Kier molecular flexibility index (Phi) is 2.32. The molecule has 18 heavy (non-hydrogen) atoms. The fourth-order valence-corrected chi connectivity index (χ4v) is 2.36. The number of nitrogens with two attached hydrogens (primary N) is 1. The molecular weight excluding hydrogens is 232 g/mol. The van der Waals surface area contributed by atoms with Crippen LogP contribution in [0, 0.1) is 0 Å². The number of rotatable bonds is 1. The van der Waals surface area contributed by atoms with Gasteiger partial charge in [-0.2, -0.15) is 4.98 Å². The van der Waals surface area contributed by atoms with Crippen LogP contribution in [0.25, 0.3) is 0 Å². The number of fused-ring (bicyclic) bond motifs is 1. The van der Waals surface area contributed by atoms with Crippen molar-refractivity contribution < 1.29 is 4.79 Å². The van der Waals surface area contributed by atoms with Gasteiger partial charge in [0.25, 0.3) is 5.91 Å². The second-order valence-corrected chi connectivity index (χ2v) is 4.34. The molecule has 0 aliphatic carbocycles. The number of hydrogen-bond donors (Lipinski definition) is 2. The van der Waals surface area contributed by atoms with Crippen LogP contribution < -0.4 is 5.73 Å². The number of nitrogen functional groups attached to an aromatic ring is 1. The zero-order valence-corrected chi connectivity index (χ0v) is 10.00. The highest BCUT2D eigenvalue weighted by molar-refractivity contribution is 5.91. The zero-order valence-electron chi connectivity index (χ0n) is 10.00. The van der Waals surface area contributed by atoms with Gasteiger partial charge in [0.05, 0.1) is 6.04 Å². The highest BCUT2D eigenvalue weighted by Crippen LogP contribution is 2.26. The topological polar surface area (TPSA) is 92.8 Å². The van der Waals surface area contributed by atoms with Gasteiger partial charge in [-0.25, -0.2) is 0 Å². The normalized spacial score (nSPS) is 18.7. The van der Waals surface area contributed by atoms with Gasteiger partial charge >= 0.3 is 0 Å². The second kappa shape index (κ2) is 3.86. The number of amides is 1.